The molecule has 3 rings (SSSR count). The minimum Gasteiger partial charge on any atom is -0.338 e. The molecule has 0 saturated carbocycles. The largest absolute Gasteiger partial charge is 0.338 e. The molecule has 5 heteroatoms. The van der Waals surface area contributed by atoms with E-state index in [2.05, 4.69) is 15.1 Å². The van der Waals surface area contributed by atoms with E-state index in [-0.39, 0.29) is 5.78 Å². The van der Waals surface area contributed by atoms with Crippen molar-refractivity contribution in [1.29, 1.82) is 0 Å². The van der Waals surface area contributed by atoms with Crippen LogP contribution in [-0.2, 0) is 0 Å². The second-order valence-corrected chi connectivity index (χ2v) is 4.65. The highest BCUT2D eigenvalue weighted by molar-refractivity contribution is 6.00. The van der Waals surface area contributed by atoms with E-state index in [1.807, 2.05) is 24.3 Å². The van der Waals surface area contributed by atoms with Crippen molar-refractivity contribution in [2.75, 3.05) is 0 Å². The van der Waals surface area contributed by atoms with Crippen LogP contribution < -0.4 is 0 Å². The van der Waals surface area contributed by atoms with Crippen LogP contribution in [0.2, 0.25) is 0 Å². The second kappa shape index (κ2) is 5.66. The second-order valence-electron chi connectivity index (χ2n) is 4.65. The molecule has 5 nitrogen and oxygen atoms in total. The van der Waals surface area contributed by atoms with Crippen LogP contribution in [0.1, 0.15) is 29.1 Å². The van der Waals surface area contributed by atoms with Crippen LogP contribution >= 0.6 is 0 Å². The Morgan fingerprint density at radius 3 is 2.67 bits per heavy atom. The van der Waals surface area contributed by atoms with Crippen LogP contribution in [0, 0.1) is 0 Å². The Hall–Kier alpha value is -2.82. The van der Waals surface area contributed by atoms with Crippen molar-refractivity contribution in [2.45, 2.75) is 12.8 Å². The maximum absolute atomic E-state index is 12.4. The van der Waals surface area contributed by atoms with Crippen molar-refractivity contribution in [3.8, 4) is 11.4 Å². The smallest absolute Gasteiger partial charge is 0.237 e. The number of hydrogen-bond donors (Lipinski definition) is 0. The van der Waals surface area contributed by atoms with Gasteiger partial charge in [0.1, 0.15) is 0 Å². The number of benzene rings is 1. The average molecular weight is 279 g/mol. The van der Waals surface area contributed by atoms with Crippen molar-refractivity contribution in [1.82, 2.24) is 15.1 Å². The maximum atomic E-state index is 12.4. The monoisotopic (exact) mass is 279 g/mol. The molecule has 0 aliphatic carbocycles. The summed E-state index contributed by atoms with van der Waals surface area (Å²) in [6, 6.07) is 12.7. The molecule has 0 fully saturated rings. The van der Waals surface area contributed by atoms with Crippen LogP contribution in [0.5, 0.6) is 0 Å². The fourth-order valence-corrected chi connectivity index (χ4v) is 1.99. The topological polar surface area (TPSA) is 68.9 Å². The minimum absolute atomic E-state index is 0.0445. The van der Waals surface area contributed by atoms with Crippen molar-refractivity contribution >= 4 is 5.78 Å². The summed E-state index contributed by atoms with van der Waals surface area (Å²) in [5.41, 5.74) is 1.39. The van der Waals surface area contributed by atoms with E-state index in [9.17, 15) is 4.79 Å². The van der Waals surface area contributed by atoms with Gasteiger partial charge >= 0.3 is 0 Å². The van der Waals surface area contributed by atoms with Gasteiger partial charge in [-0.2, -0.15) is 4.98 Å². The lowest BCUT2D eigenvalue weighted by Crippen LogP contribution is -2.09. The van der Waals surface area contributed by atoms with Gasteiger partial charge in [0.2, 0.25) is 11.7 Å². The molecule has 2 heterocycles. The number of carbonyl (C=O) groups is 1. The highest BCUT2D eigenvalue weighted by Gasteiger charge is 2.23. The summed E-state index contributed by atoms with van der Waals surface area (Å²) < 4.78 is 5.21. The van der Waals surface area contributed by atoms with E-state index in [1.54, 1.807) is 37.5 Å². The van der Waals surface area contributed by atoms with Gasteiger partial charge in [-0.1, -0.05) is 35.5 Å². The average Bonchev–Trinajstić information content (AvgIpc) is 3.05. The molecule has 1 atom stereocenters. The minimum atomic E-state index is -0.481. The van der Waals surface area contributed by atoms with Crippen LogP contribution in [0.3, 0.4) is 0 Å². The van der Waals surface area contributed by atoms with E-state index in [0.717, 1.165) is 5.56 Å². The highest BCUT2D eigenvalue weighted by Crippen LogP contribution is 2.22. The zero-order chi connectivity index (χ0) is 14.7. The molecule has 0 bridgehead atoms. The SMILES string of the molecule is CC(C(=O)c1ccccc1)c1nc(-c2cccnc2)no1. The molecule has 0 saturated heterocycles. The van der Waals surface area contributed by atoms with Gasteiger partial charge in [-0.25, -0.2) is 0 Å². The Labute approximate surface area is 121 Å². The molecule has 21 heavy (non-hydrogen) atoms. The summed E-state index contributed by atoms with van der Waals surface area (Å²) in [5.74, 6) is 0.218. The van der Waals surface area contributed by atoms with E-state index in [4.69, 9.17) is 4.52 Å². The lowest BCUT2D eigenvalue weighted by molar-refractivity contribution is 0.0951. The van der Waals surface area contributed by atoms with Crippen LogP contribution in [0.25, 0.3) is 11.4 Å². The molecule has 2 aromatic heterocycles. The third-order valence-corrected chi connectivity index (χ3v) is 3.18. The van der Waals surface area contributed by atoms with Gasteiger partial charge in [0.15, 0.2) is 5.78 Å². The summed E-state index contributed by atoms with van der Waals surface area (Å²) >= 11 is 0. The number of ketones is 1. The number of nitrogens with zero attached hydrogens (tertiary/aromatic N) is 3. The number of rotatable bonds is 4. The van der Waals surface area contributed by atoms with Crippen molar-refractivity contribution in [2.24, 2.45) is 0 Å². The third-order valence-electron chi connectivity index (χ3n) is 3.18. The molecular formula is C16H13N3O2. The Morgan fingerprint density at radius 2 is 1.95 bits per heavy atom. The van der Waals surface area contributed by atoms with E-state index >= 15 is 0 Å². The Morgan fingerprint density at radius 1 is 1.14 bits per heavy atom. The third kappa shape index (κ3) is 2.72. The number of pyridine rings is 1. The zero-order valence-electron chi connectivity index (χ0n) is 11.4. The molecule has 1 unspecified atom stereocenters. The van der Waals surface area contributed by atoms with Gasteiger partial charge in [0, 0.05) is 23.5 Å². The molecule has 1 aromatic carbocycles. The molecular weight excluding hydrogens is 266 g/mol. The fourth-order valence-electron chi connectivity index (χ4n) is 1.99. The molecule has 104 valence electrons. The summed E-state index contributed by atoms with van der Waals surface area (Å²) in [7, 11) is 0. The first kappa shape index (κ1) is 13.2. The summed E-state index contributed by atoms with van der Waals surface area (Å²) in [6.45, 7) is 1.76. The molecule has 0 amide bonds. The van der Waals surface area contributed by atoms with E-state index in [1.165, 1.54) is 0 Å². The first-order chi connectivity index (χ1) is 10.3. The van der Waals surface area contributed by atoms with Crippen molar-refractivity contribution in [3.05, 3.63) is 66.3 Å². The molecule has 0 aliphatic heterocycles. The highest BCUT2D eigenvalue weighted by atomic mass is 16.5. The number of aromatic nitrogens is 3. The van der Waals surface area contributed by atoms with Gasteiger partial charge < -0.3 is 4.52 Å². The predicted molar refractivity (Wildman–Crippen MR) is 76.7 cm³/mol. The number of hydrogen-bond acceptors (Lipinski definition) is 5. The van der Waals surface area contributed by atoms with Crippen LogP contribution in [0.15, 0.2) is 59.4 Å². The van der Waals surface area contributed by atoms with Gasteiger partial charge in [-0.3, -0.25) is 9.78 Å². The van der Waals surface area contributed by atoms with E-state index in [0.29, 0.717) is 17.3 Å². The van der Waals surface area contributed by atoms with Crippen molar-refractivity contribution < 1.29 is 9.32 Å². The lowest BCUT2D eigenvalue weighted by Gasteiger charge is -2.04. The summed E-state index contributed by atoms with van der Waals surface area (Å²) in [6.07, 6.45) is 3.32. The van der Waals surface area contributed by atoms with Crippen molar-refractivity contribution in [3.63, 3.8) is 0 Å². The number of carbonyl (C=O) groups excluding carboxylic acids is 1. The standard InChI is InChI=1S/C16H13N3O2/c1-11(14(20)12-6-3-2-4-7-12)16-18-15(19-21-16)13-8-5-9-17-10-13/h2-11H,1H3. The number of Topliss-reactive ketones (excluding diaryl/α,β-unsaturated/α-hetero) is 1. The van der Waals surface area contributed by atoms with Gasteiger partial charge in [0.25, 0.3) is 0 Å². The van der Waals surface area contributed by atoms with E-state index < -0.39 is 5.92 Å². The van der Waals surface area contributed by atoms with Gasteiger partial charge in [-0.05, 0) is 19.1 Å². The van der Waals surface area contributed by atoms with Crippen LogP contribution in [-0.4, -0.2) is 20.9 Å². The van der Waals surface area contributed by atoms with Gasteiger partial charge in [-0.15, -0.1) is 0 Å². The molecule has 0 aliphatic rings. The first-order valence-corrected chi connectivity index (χ1v) is 6.59. The predicted octanol–water partition coefficient (Wildman–Crippen LogP) is 3.12. The summed E-state index contributed by atoms with van der Waals surface area (Å²) in [5, 5.41) is 3.91. The Kier molecular flexibility index (Phi) is 3.55. The molecule has 0 N–H and O–H groups in total. The van der Waals surface area contributed by atoms with Crippen LogP contribution in [0.4, 0.5) is 0 Å². The maximum Gasteiger partial charge on any atom is 0.237 e. The molecule has 3 aromatic rings. The Bertz CT molecular complexity index is 738. The Balaban J connectivity index is 1.85. The fraction of sp³-hybridized carbons (Fsp3) is 0.125. The summed E-state index contributed by atoms with van der Waals surface area (Å²) in [4.78, 5) is 20.6. The normalized spacial score (nSPS) is 12.0. The molecule has 0 radical (unpaired) electrons. The zero-order valence-corrected chi connectivity index (χ0v) is 11.4. The first-order valence-electron chi connectivity index (χ1n) is 6.59. The quantitative estimate of drug-likeness (QED) is 0.686. The lowest BCUT2D eigenvalue weighted by atomic mass is 9.99. The molecule has 0 spiro atoms. The van der Waals surface area contributed by atoms with Gasteiger partial charge in [0.05, 0.1) is 5.92 Å².